The lowest BCUT2D eigenvalue weighted by molar-refractivity contribution is 0.00863. The van der Waals surface area contributed by atoms with Gasteiger partial charge in [0.05, 0.1) is 17.6 Å². The van der Waals surface area contributed by atoms with E-state index in [0.29, 0.717) is 26.2 Å². The standard InChI is InChI=1S/C17H19FN4OS/c1-11-2-3-13-14(6-11)21-16(20-13)10-23-15-8-22(7-12(15)18)9-17-19-4-5-24-17/h2-6,12,15H,7-10H2,1H3,(H,20,21)/t12-,15+/m1/s1. The second-order valence-corrected chi connectivity index (χ2v) is 7.17. The summed E-state index contributed by atoms with van der Waals surface area (Å²) in [5.74, 6) is 0.737. The highest BCUT2D eigenvalue weighted by Gasteiger charge is 2.34. The third-order valence-electron chi connectivity index (χ3n) is 4.24. The van der Waals surface area contributed by atoms with Crippen LogP contribution in [-0.2, 0) is 17.9 Å². The molecule has 1 aliphatic heterocycles. The molecular weight excluding hydrogens is 327 g/mol. The smallest absolute Gasteiger partial charge is 0.140 e. The molecule has 1 aliphatic rings. The topological polar surface area (TPSA) is 54.0 Å². The number of nitrogens with one attached hydrogen (secondary N) is 1. The van der Waals surface area contributed by atoms with Gasteiger partial charge in [0.25, 0.3) is 0 Å². The Morgan fingerprint density at radius 2 is 2.33 bits per heavy atom. The first-order valence-electron chi connectivity index (χ1n) is 7.99. The van der Waals surface area contributed by atoms with Crippen molar-refractivity contribution in [2.24, 2.45) is 0 Å². The van der Waals surface area contributed by atoms with Crippen molar-refractivity contribution < 1.29 is 9.13 Å². The highest BCUT2D eigenvalue weighted by molar-refractivity contribution is 7.09. The molecule has 1 aromatic carbocycles. The van der Waals surface area contributed by atoms with Crippen molar-refractivity contribution >= 4 is 22.4 Å². The van der Waals surface area contributed by atoms with Crippen LogP contribution in [0.4, 0.5) is 4.39 Å². The monoisotopic (exact) mass is 346 g/mol. The average Bonchev–Trinajstić information content (AvgIpc) is 3.26. The largest absolute Gasteiger partial charge is 0.366 e. The minimum absolute atomic E-state index is 0.296. The molecule has 0 aliphatic carbocycles. The van der Waals surface area contributed by atoms with Crippen LogP contribution in [0.15, 0.2) is 29.8 Å². The molecule has 0 unspecified atom stereocenters. The van der Waals surface area contributed by atoms with Gasteiger partial charge in [0, 0.05) is 24.7 Å². The molecule has 0 radical (unpaired) electrons. The van der Waals surface area contributed by atoms with Gasteiger partial charge in [0.2, 0.25) is 0 Å². The van der Waals surface area contributed by atoms with Crippen LogP contribution in [0, 0.1) is 6.92 Å². The summed E-state index contributed by atoms with van der Waals surface area (Å²) in [6.07, 6.45) is 0.386. The van der Waals surface area contributed by atoms with Crippen LogP contribution in [0.2, 0.25) is 0 Å². The number of imidazole rings is 1. The predicted octanol–water partition coefficient (Wildman–Crippen LogP) is 3.07. The molecule has 1 N–H and O–H groups in total. The molecule has 4 rings (SSSR count). The molecule has 0 saturated carbocycles. The Balaban J connectivity index is 1.36. The maximum atomic E-state index is 14.2. The first kappa shape index (κ1) is 15.7. The minimum atomic E-state index is -0.975. The number of hydrogen-bond acceptors (Lipinski definition) is 5. The summed E-state index contributed by atoms with van der Waals surface area (Å²) in [7, 11) is 0. The summed E-state index contributed by atoms with van der Waals surface area (Å²) in [5.41, 5.74) is 3.08. The summed E-state index contributed by atoms with van der Waals surface area (Å²) in [6.45, 7) is 4.00. The normalized spacial score (nSPS) is 21.8. The maximum Gasteiger partial charge on any atom is 0.140 e. The van der Waals surface area contributed by atoms with Gasteiger partial charge in [-0.2, -0.15) is 0 Å². The highest BCUT2D eigenvalue weighted by atomic mass is 32.1. The Morgan fingerprint density at radius 1 is 1.42 bits per heavy atom. The predicted molar refractivity (Wildman–Crippen MR) is 91.7 cm³/mol. The van der Waals surface area contributed by atoms with E-state index in [4.69, 9.17) is 4.74 Å². The van der Waals surface area contributed by atoms with Crippen molar-refractivity contribution in [1.82, 2.24) is 19.9 Å². The third-order valence-corrected chi connectivity index (χ3v) is 5.00. The van der Waals surface area contributed by atoms with Gasteiger partial charge >= 0.3 is 0 Å². The fourth-order valence-electron chi connectivity index (χ4n) is 3.05. The Bertz CT molecular complexity index is 819. The van der Waals surface area contributed by atoms with Crippen LogP contribution in [0.1, 0.15) is 16.4 Å². The van der Waals surface area contributed by atoms with Crippen LogP contribution in [0.5, 0.6) is 0 Å². The highest BCUT2D eigenvalue weighted by Crippen LogP contribution is 2.21. The van der Waals surface area contributed by atoms with Gasteiger partial charge < -0.3 is 9.72 Å². The molecule has 1 fully saturated rings. The molecule has 2 atom stereocenters. The fourth-order valence-corrected chi connectivity index (χ4v) is 3.70. The third kappa shape index (κ3) is 3.33. The van der Waals surface area contributed by atoms with Crippen molar-refractivity contribution in [2.75, 3.05) is 13.1 Å². The summed E-state index contributed by atoms with van der Waals surface area (Å²) in [5, 5.41) is 2.95. The van der Waals surface area contributed by atoms with Crippen molar-refractivity contribution in [1.29, 1.82) is 0 Å². The van der Waals surface area contributed by atoms with Crippen molar-refractivity contribution in [2.45, 2.75) is 32.4 Å². The molecule has 3 heterocycles. The van der Waals surface area contributed by atoms with E-state index >= 15 is 0 Å². The first-order chi connectivity index (χ1) is 11.7. The van der Waals surface area contributed by atoms with Gasteiger partial charge in [-0.1, -0.05) is 6.07 Å². The zero-order valence-electron chi connectivity index (χ0n) is 13.4. The van der Waals surface area contributed by atoms with E-state index in [1.54, 1.807) is 17.5 Å². The summed E-state index contributed by atoms with van der Waals surface area (Å²) < 4.78 is 20.0. The first-order valence-corrected chi connectivity index (χ1v) is 8.87. The number of halogens is 1. The Labute approximate surface area is 143 Å². The molecule has 7 heteroatoms. The summed E-state index contributed by atoms with van der Waals surface area (Å²) >= 11 is 1.59. The number of aromatic nitrogens is 3. The van der Waals surface area contributed by atoms with Crippen molar-refractivity contribution in [3.05, 3.63) is 46.2 Å². The quantitative estimate of drug-likeness (QED) is 0.771. The number of rotatable bonds is 5. The number of aromatic amines is 1. The Morgan fingerprint density at radius 3 is 3.17 bits per heavy atom. The van der Waals surface area contributed by atoms with Crippen LogP contribution < -0.4 is 0 Å². The van der Waals surface area contributed by atoms with Crippen LogP contribution in [-0.4, -0.2) is 45.2 Å². The molecule has 0 spiro atoms. The lowest BCUT2D eigenvalue weighted by Crippen LogP contribution is -2.24. The lowest BCUT2D eigenvalue weighted by Gasteiger charge is -2.14. The molecule has 0 amide bonds. The fraction of sp³-hybridized carbons (Fsp3) is 0.412. The van der Waals surface area contributed by atoms with Gasteiger partial charge in [0.15, 0.2) is 0 Å². The lowest BCUT2D eigenvalue weighted by atomic mass is 10.2. The van der Waals surface area contributed by atoms with E-state index in [2.05, 4.69) is 25.9 Å². The molecule has 1 saturated heterocycles. The molecule has 3 aromatic rings. The molecular formula is C17H19FN4OS. The van der Waals surface area contributed by atoms with Gasteiger partial charge in [-0.25, -0.2) is 14.4 Å². The van der Waals surface area contributed by atoms with Crippen LogP contribution >= 0.6 is 11.3 Å². The van der Waals surface area contributed by atoms with Gasteiger partial charge in [-0.15, -0.1) is 11.3 Å². The van der Waals surface area contributed by atoms with E-state index in [9.17, 15) is 4.39 Å². The minimum Gasteiger partial charge on any atom is -0.366 e. The van der Waals surface area contributed by atoms with E-state index in [-0.39, 0.29) is 0 Å². The van der Waals surface area contributed by atoms with Crippen LogP contribution in [0.25, 0.3) is 11.0 Å². The van der Waals surface area contributed by atoms with Crippen molar-refractivity contribution in [3.8, 4) is 0 Å². The average molecular weight is 346 g/mol. The molecule has 0 bridgehead atoms. The van der Waals surface area contributed by atoms with E-state index in [1.807, 2.05) is 24.4 Å². The molecule has 126 valence electrons. The number of ether oxygens (including phenoxy) is 1. The number of hydrogen-bond donors (Lipinski definition) is 1. The zero-order chi connectivity index (χ0) is 16.5. The summed E-state index contributed by atoms with van der Waals surface area (Å²) in [6, 6.07) is 6.06. The number of thiazole rings is 1. The summed E-state index contributed by atoms with van der Waals surface area (Å²) in [4.78, 5) is 14.0. The second-order valence-electron chi connectivity index (χ2n) is 6.19. The Hall–Kier alpha value is -1.83. The van der Waals surface area contributed by atoms with Gasteiger partial charge in [0.1, 0.15) is 29.7 Å². The van der Waals surface area contributed by atoms with Gasteiger partial charge in [-0.05, 0) is 24.6 Å². The van der Waals surface area contributed by atoms with Crippen LogP contribution in [0.3, 0.4) is 0 Å². The molecule has 2 aromatic heterocycles. The molecule has 24 heavy (non-hydrogen) atoms. The number of aryl methyl sites for hydroxylation is 1. The van der Waals surface area contributed by atoms with E-state index in [1.165, 1.54) is 5.56 Å². The van der Waals surface area contributed by atoms with Crippen molar-refractivity contribution in [3.63, 3.8) is 0 Å². The van der Waals surface area contributed by atoms with Gasteiger partial charge in [-0.3, -0.25) is 4.90 Å². The number of benzene rings is 1. The Kier molecular flexibility index (Phi) is 4.30. The number of nitrogens with zero attached hydrogens (tertiary/aromatic N) is 3. The number of alkyl halides is 1. The second kappa shape index (κ2) is 6.58. The number of H-pyrrole nitrogens is 1. The SMILES string of the molecule is Cc1ccc2nc(CO[C@H]3CN(Cc4nccs4)C[C@H]3F)[nH]c2c1. The zero-order valence-corrected chi connectivity index (χ0v) is 14.2. The van der Waals surface area contributed by atoms with E-state index in [0.717, 1.165) is 21.9 Å². The number of fused-ring (bicyclic) bond motifs is 1. The maximum absolute atomic E-state index is 14.2. The number of likely N-dealkylation sites (tertiary alicyclic amines) is 1. The molecule has 5 nitrogen and oxygen atoms in total. The van der Waals surface area contributed by atoms with E-state index < -0.39 is 12.3 Å².